The van der Waals surface area contributed by atoms with Crippen molar-refractivity contribution in [3.05, 3.63) is 0 Å². The third kappa shape index (κ3) is 3.84. The van der Waals surface area contributed by atoms with Gasteiger partial charge in [-0.2, -0.15) is 13.2 Å². The summed E-state index contributed by atoms with van der Waals surface area (Å²) >= 11 is 0. The van der Waals surface area contributed by atoms with E-state index in [1.54, 1.807) is 0 Å². The zero-order valence-corrected chi connectivity index (χ0v) is 8.35. The van der Waals surface area contributed by atoms with Crippen molar-refractivity contribution in [3.8, 4) is 0 Å². The summed E-state index contributed by atoms with van der Waals surface area (Å²) in [5, 5.41) is 0. The molecule has 0 aliphatic heterocycles. The highest BCUT2D eigenvalue weighted by Gasteiger charge is 2.32. The third-order valence-electron chi connectivity index (χ3n) is 2.79. The maximum Gasteiger partial charge on any atom is 0.401 e. The summed E-state index contributed by atoms with van der Waals surface area (Å²) in [6.07, 6.45) is -0.838. The molecule has 1 aliphatic rings. The molecular formula is C9H17F3N2. The Morgan fingerprint density at radius 2 is 1.71 bits per heavy atom. The van der Waals surface area contributed by atoms with Crippen molar-refractivity contribution in [1.82, 2.24) is 4.90 Å². The second kappa shape index (κ2) is 4.49. The monoisotopic (exact) mass is 210 g/mol. The van der Waals surface area contributed by atoms with Gasteiger partial charge in [0.1, 0.15) is 0 Å². The Labute approximate surface area is 82.2 Å². The van der Waals surface area contributed by atoms with E-state index in [1.807, 2.05) is 0 Å². The van der Waals surface area contributed by atoms with Crippen LogP contribution in [0.15, 0.2) is 0 Å². The number of nitrogens with zero attached hydrogens (tertiary/aromatic N) is 1. The zero-order valence-electron chi connectivity index (χ0n) is 8.35. The predicted octanol–water partition coefficient (Wildman–Crippen LogP) is 1.75. The van der Waals surface area contributed by atoms with Gasteiger partial charge in [0.2, 0.25) is 0 Å². The van der Waals surface area contributed by atoms with Crippen LogP contribution >= 0.6 is 0 Å². The van der Waals surface area contributed by atoms with E-state index in [2.05, 4.69) is 0 Å². The van der Waals surface area contributed by atoms with E-state index >= 15 is 0 Å². The van der Waals surface area contributed by atoms with Gasteiger partial charge in [-0.1, -0.05) is 0 Å². The third-order valence-corrected chi connectivity index (χ3v) is 2.79. The van der Waals surface area contributed by atoms with Crippen LogP contribution in [0, 0.1) is 0 Å². The number of rotatable bonds is 2. The molecule has 84 valence electrons. The molecule has 0 spiro atoms. The van der Waals surface area contributed by atoms with E-state index in [0.717, 1.165) is 25.7 Å². The lowest BCUT2D eigenvalue weighted by Crippen LogP contribution is -2.42. The normalized spacial score (nSPS) is 29.6. The quantitative estimate of drug-likeness (QED) is 0.752. The molecule has 0 amide bonds. The van der Waals surface area contributed by atoms with Gasteiger partial charge >= 0.3 is 6.18 Å². The highest BCUT2D eigenvalue weighted by Crippen LogP contribution is 2.24. The molecule has 0 saturated heterocycles. The van der Waals surface area contributed by atoms with E-state index in [0.29, 0.717) is 0 Å². The van der Waals surface area contributed by atoms with Crippen molar-refractivity contribution in [2.24, 2.45) is 5.73 Å². The van der Waals surface area contributed by atoms with E-state index < -0.39 is 12.7 Å². The summed E-state index contributed by atoms with van der Waals surface area (Å²) in [6, 6.07) is 0.238. The molecule has 0 atom stereocenters. The first-order valence-electron chi connectivity index (χ1n) is 4.91. The molecule has 0 radical (unpaired) electrons. The number of halogens is 3. The molecule has 14 heavy (non-hydrogen) atoms. The van der Waals surface area contributed by atoms with Crippen molar-refractivity contribution < 1.29 is 13.2 Å². The molecule has 0 aromatic heterocycles. The molecule has 0 heterocycles. The Balaban J connectivity index is 2.34. The molecule has 0 aromatic carbocycles. The van der Waals surface area contributed by atoms with Gasteiger partial charge in [0.25, 0.3) is 0 Å². The largest absolute Gasteiger partial charge is 0.401 e. The van der Waals surface area contributed by atoms with Gasteiger partial charge in [-0.3, -0.25) is 4.90 Å². The predicted molar refractivity (Wildman–Crippen MR) is 48.9 cm³/mol. The summed E-state index contributed by atoms with van der Waals surface area (Å²) in [6.45, 7) is -0.813. The topological polar surface area (TPSA) is 29.3 Å². The van der Waals surface area contributed by atoms with E-state index in [9.17, 15) is 13.2 Å². The number of hydrogen-bond donors (Lipinski definition) is 1. The Hall–Kier alpha value is -0.290. The second-order valence-corrected chi connectivity index (χ2v) is 4.10. The minimum absolute atomic E-state index is 0.0522. The Kier molecular flexibility index (Phi) is 3.78. The summed E-state index contributed by atoms with van der Waals surface area (Å²) < 4.78 is 36.2. The maximum atomic E-state index is 12.1. The Morgan fingerprint density at radius 3 is 2.14 bits per heavy atom. The van der Waals surface area contributed by atoms with Gasteiger partial charge < -0.3 is 5.73 Å². The van der Waals surface area contributed by atoms with Crippen LogP contribution in [0.3, 0.4) is 0 Å². The van der Waals surface area contributed by atoms with Gasteiger partial charge in [-0.25, -0.2) is 0 Å². The number of alkyl halides is 3. The molecule has 1 rings (SSSR count). The average Bonchev–Trinajstić information content (AvgIpc) is 2.02. The standard InChI is InChI=1S/C9H17F3N2/c1-14(6-9(10,11)12)8-4-2-7(13)3-5-8/h7-8H,2-6,13H2,1H3. The second-order valence-electron chi connectivity index (χ2n) is 4.10. The zero-order chi connectivity index (χ0) is 10.8. The highest BCUT2D eigenvalue weighted by molar-refractivity contribution is 4.80. The van der Waals surface area contributed by atoms with Crippen molar-refractivity contribution in [1.29, 1.82) is 0 Å². The van der Waals surface area contributed by atoms with Crippen molar-refractivity contribution in [3.63, 3.8) is 0 Å². The molecule has 2 N–H and O–H groups in total. The summed E-state index contributed by atoms with van der Waals surface area (Å²) in [5.41, 5.74) is 5.68. The fourth-order valence-electron chi connectivity index (χ4n) is 1.95. The summed E-state index contributed by atoms with van der Waals surface area (Å²) in [7, 11) is 1.54. The molecule has 0 bridgehead atoms. The summed E-state index contributed by atoms with van der Waals surface area (Å²) in [4.78, 5) is 1.39. The number of nitrogens with two attached hydrogens (primary N) is 1. The van der Waals surface area contributed by atoms with Crippen molar-refractivity contribution >= 4 is 0 Å². The molecule has 1 aliphatic carbocycles. The number of hydrogen-bond acceptors (Lipinski definition) is 2. The molecule has 1 fully saturated rings. The molecule has 0 aromatic rings. The van der Waals surface area contributed by atoms with Crippen molar-refractivity contribution in [2.75, 3.05) is 13.6 Å². The minimum Gasteiger partial charge on any atom is -0.328 e. The van der Waals surface area contributed by atoms with Gasteiger partial charge in [0, 0.05) is 12.1 Å². The first-order valence-corrected chi connectivity index (χ1v) is 4.91. The van der Waals surface area contributed by atoms with Crippen LogP contribution in [0.4, 0.5) is 13.2 Å². The van der Waals surface area contributed by atoms with Crippen LogP contribution in [0.1, 0.15) is 25.7 Å². The minimum atomic E-state index is -4.09. The lowest BCUT2D eigenvalue weighted by molar-refractivity contribution is -0.148. The van der Waals surface area contributed by atoms with Gasteiger partial charge in [-0.05, 0) is 32.7 Å². The lowest BCUT2D eigenvalue weighted by Gasteiger charge is -2.33. The first kappa shape index (κ1) is 11.8. The average molecular weight is 210 g/mol. The molecule has 0 unspecified atom stereocenters. The van der Waals surface area contributed by atoms with Gasteiger partial charge in [0.15, 0.2) is 0 Å². The molecular weight excluding hydrogens is 193 g/mol. The maximum absolute atomic E-state index is 12.1. The molecule has 1 saturated carbocycles. The smallest absolute Gasteiger partial charge is 0.328 e. The van der Waals surface area contributed by atoms with E-state index in [4.69, 9.17) is 5.73 Å². The Bertz CT molecular complexity index is 173. The van der Waals surface area contributed by atoms with Gasteiger partial charge in [-0.15, -0.1) is 0 Å². The van der Waals surface area contributed by atoms with Crippen LogP contribution in [0.2, 0.25) is 0 Å². The van der Waals surface area contributed by atoms with Crippen LogP contribution in [-0.2, 0) is 0 Å². The Morgan fingerprint density at radius 1 is 1.21 bits per heavy atom. The van der Waals surface area contributed by atoms with Crippen LogP contribution in [-0.4, -0.2) is 36.8 Å². The molecule has 2 nitrogen and oxygen atoms in total. The lowest BCUT2D eigenvalue weighted by atomic mass is 9.91. The van der Waals surface area contributed by atoms with E-state index in [-0.39, 0.29) is 12.1 Å². The van der Waals surface area contributed by atoms with Crippen LogP contribution in [0.5, 0.6) is 0 Å². The van der Waals surface area contributed by atoms with Crippen LogP contribution in [0.25, 0.3) is 0 Å². The van der Waals surface area contributed by atoms with Gasteiger partial charge in [0.05, 0.1) is 6.54 Å². The first-order chi connectivity index (χ1) is 6.38. The van der Waals surface area contributed by atoms with Crippen LogP contribution < -0.4 is 5.73 Å². The fraction of sp³-hybridized carbons (Fsp3) is 1.00. The van der Waals surface area contributed by atoms with E-state index in [1.165, 1.54) is 11.9 Å². The SMILES string of the molecule is CN(CC(F)(F)F)C1CCC(N)CC1. The molecule has 5 heteroatoms. The summed E-state index contributed by atoms with van der Waals surface area (Å²) in [5.74, 6) is 0. The fourth-order valence-corrected chi connectivity index (χ4v) is 1.95. The van der Waals surface area contributed by atoms with Crippen molar-refractivity contribution in [2.45, 2.75) is 43.9 Å². The highest BCUT2D eigenvalue weighted by atomic mass is 19.4.